The summed E-state index contributed by atoms with van der Waals surface area (Å²) in [6.45, 7) is 2.59. The van der Waals surface area contributed by atoms with E-state index in [0.717, 1.165) is 17.1 Å². The van der Waals surface area contributed by atoms with Gasteiger partial charge in [0, 0.05) is 31.9 Å². The zero-order valence-electron chi connectivity index (χ0n) is 12.4. The van der Waals surface area contributed by atoms with Crippen LogP contribution < -0.4 is 10.6 Å². The predicted octanol–water partition coefficient (Wildman–Crippen LogP) is 1.50. The molecule has 0 unspecified atom stereocenters. The Morgan fingerprint density at radius 2 is 2.32 bits per heavy atom. The molecule has 1 aromatic carbocycles. The minimum atomic E-state index is -0.934. The Labute approximate surface area is 128 Å². The highest BCUT2D eigenvalue weighted by Gasteiger charge is 2.28. The van der Waals surface area contributed by atoms with Gasteiger partial charge in [-0.05, 0) is 18.6 Å². The molecule has 1 amide bonds. The van der Waals surface area contributed by atoms with Crippen molar-refractivity contribution in [2.75, 3.05) is 6.54 Å². The highest BCUT2D eigenvalue weighted by atomic mass is 19.1. The lowest BCUT2D eigenvalue weighted by Gasteiger charge is -2.14. The van der Waals surface area contributed by atoms with Crippen molar-refractivity contribution in [3.05, 3.63) is 48.0 Å². The van der Waals surface area contributed by atoms with Crippen LogP contribution in [0.25, 0.3) is 5.69 Å². The van der Waals surface area contributed by atoms with E-state index < -0.39 is 12.2 Å². The molecule has 5 nitrogen and oxygen atoms in total. The van der Waals surface area contributed by atoms with Crippen molar-refractivity contribution in [1.82, 2.24) is 20.2 Å². The van der Waals surface area contributed by atoms with Gasteiger partial charge in [-0.2, -0.15) is 0 Å². The van der Waals surface area contributed by atoms with Crippen LogP contribution in [0.15, 0.2) is 36.7 Å². The van der Waals surface area contributed by atoms with Gasteiger partial charge in [-0.15, -0.1) is 0 Å². The maximum atomic E-state index is 13.1. The van der Waals surface area contributed by atoms with Crippen LogP contribution in [0.4, 0.5) is 4.39 Å². The number of rotatable bonds is 4. The maximum absolute atomic E-state index is 13.1. The molecule has 2 atom stereocenters. The van der Waals surface area contributed by atoms with Gasteiger partial charge in [-0.25, -0.2) is 9.37 Å². The van der Waals surface area contributed by atoms with Crippen molar-refractivity contribution in [3.8, 4) is 5.69 Å². The summed E-state index contributed by atoms with van der Waals surface area (Å²) < 4.78 is 15.1. The first-order valence-electron chi connectivity index (χ1n) is 7.38. The van der Waals surface area contributed by atoms with Crippen LogP contribution in [-0.2, 0) is 11.3 Å². The Kier molecular flexibility index (Phi) is 4.20. The number of hydrogen-bond acceptors (Lipinski definition) is 3. The van der Waals surface area contributed by atoms with Crippen molar-refractivity contribution in [1.29, 1.82) is 0 Å². The lowest BCUT2D eigenvalue weighted by Crippen LogP contribution is -2.40. The molecule has 1 aromatic heterocycles. The fraction of sp³-hybridized carbons (Fsp3) is 0.375. The number of imidazole rings is 1. The average molecular weight is 302 g/mol. The van der Waals surface area contributed by atoms with Crippen LogP contribution in [0, 0.1) is 6.92 Å². The quantitative estimate of drug-likeness (QED) is 0.900. The van der Waals surface area contributed by atoms with Crippen LogP contribution in [0.5, 0.6) is 0 Å². The number of aromatic nitrogens is 2. The number of hydrogen-bond donors (Lipinski definition) is 2. The van der Waals surface area contributed by atoms with Crippen molar-refractivity contribution in [2.24, 2.45) is 0 Å². The Hall–Kier alpha value is -2.21. The summed E-state index contributed by atoms with van der Waals surface area (Å²) in [5.74, 6) is 0.730. The van der Waals surface area contributed by atoms with Gasteiger partial charge in [0.05, 0.1) is 11.7 Å². The fourth-order valence-corrected chi connectivity index (χ4v) is 2.73. The van der Waals surface area contributed by atoms with Crippen molar-refractivity contribution in [3.63, 3.8) is 0 Å². The Bertz CT molecular complexity index is 670. The predicted molar refractivity (Wildman–Crippen MR) is 81.5 cm³/mol. The lowest BCUT2D eigenvalue weighted by molar-refractivity contribution is -0.123. The molecule has 2 heterocycles. The SMILES string of the molecule is Cc1nccn1-c1ccccc1CNC(=O)[C@H]1C[C@H](F)CN1. The van der Waals surface area contributed by atoms with Gasteiger partial charge in [0.2, 0.25) is 5.91 Å². The van der Waals surface area contributed by atoms with Gasteiger partial charge in [0.15, 0.2) is 0 Å². The standard InChI is InChI=1S/C16H19FN4O/c1-11-18-6-7-21(11)15-5-3-2-4-12(15)9-20-16(22)14-8-13(17)10-19-14/h2-7,13-14,19H,8-10H2,1H3,(H,20,22)/t13-,14+/m0/s1. The first-order chi connectivity index (χ1) is 10.6. The Balaban J connectivity index is 1.71. The molecule has 0 saturated carbocycles. The molecule has 0 bridgehead atoms. The molecule has 3 rings (SSSR count). The van der Waals surface area contributed by atoms with E-state index in [0.29, 0.717) is 6.54 Å². The van der Waals surface area contributed by atoms with Crippen molar-refractivity contribution >= 4 is 5.91 Å². The molecule has 6 heteroatoms. The van der Waals surface area contributed by atoms with E-state index in [1.807, 2.05) is 42.0 Å². The number of carbonyl (C=O) groups is 1. The summed E-state index contributed by atoms with van der Waals surface area (Å²) >= 11 is 0. The molecule has 22 heavy (non-hydrogen) atoms. The molecular weight excluding hydrogens is 283 g/mol. The number of nitrogens with one attached hydrogen (secondary N) is 2. The largest absolute Gasteiger partial charge is 0.351 e. The fourth-order valence-electron chi connectivity index (χ4n) is 2.73. The van der Waals surface area contributed by atoms with E-state index in [9.17, 15) is 9.18 Å². The molecule has 2 N–H and O–H groups in total. The highest BCUT2D eigenvalue weighted by Crippen LogP contribution is 2.16. The second kappa shape index (κ2) is 6.27. The molecule has 116 valence electrons. The Morgan fingerprint density at radius 3 is 3.00 bits per heavy atom. The molecule has 1 fully saturated rings. The third-order valence-corrected chi connectivity index (χ3v) is 3.92. The van der Waals surface area contributed by atoms with Crippen LogP contribution in [0.1, 0.15) is 17.8 Å². The highest BCUT2D eigenvalue weighted by molar-refractivity contribution is 5.82. The monoisotopic (exact) mass is 302 g/mol. The van der Waals surface area contributed by atoms with Gasteiger partial charge in [0.1, 0.15) is 12.0 Å². The average Bonchev–Trinajstić information content (AvgIpc) is 3.14. The van der Waals surface area contributed by atoms with Gasteiger partial charge in [-0.3, -0.25) is 4.79 Å². The zero-order valence-corrected chi connectivity index (χ0v) is 12.4. The molecule has 0 radical (unpaired) electrons. The van der Waals surface area contributed by atoms with Crippen molar-refractivity contribution in [2.45, 2.75) is 32.1 Å². The van der Waals surface area contributed by atoms with E-state index >= 15 is 0 Å². The number of halogens is 1. The number of benzene rings is 1. The number of nitrogens with zero attached hydrogens (tertiary/aromatic N) is 2. The number of carbonyl (C=O) groups excluding carboxylic acids is 1. The topological polar surface area (TPSA) is 59.0 Å². The first-order valence-corrected chi connectivity index (χ1v) is 7.38. The molecular formula is C16H19FN4O. The maximum Gasteiger partial charge on any atom is 0.237 e. The number of para-hydroxylation sites is 1. The lowest BCUT2D eigenvalue weighted by atomic mass is 10.1. The van der Waals surface area contributed by atoms with Gasteiger partial charge in [0.25, 0.3) is 0 Å². The third kappa shape index (κ3) is 3.01. The summed E-state index contributed by atoms with van der Waals surface area (Å²) in [4.78, 5) is 16.3. The van der Waals surface area contributed by atoms with Crippen LogP contribution in [0.2, 0.25) is 0 Å². The minimum absolute atomic E-state index is 0.155. The van der Waals surface area contributed by atoms with E-state index in [2.05, 4.69) is 15.6 Å². The Morgan fingerprint density at radius 1 is 1.50 bits per heavy atom. The molecule has 2 aromatic rings. The summed E-state index contributed by atoms with van der Waals surface area (Å²) in [6, 6.07) is 7.41. The van der Waals surface area contributed by atoms with E-state index in [1.165, 1.54) is 0 Å². The summed E-state index contributed by atoms with van der Waals surface area (Å²) in [5.41, 5.74) is 1.98. The first kappa shape index (κ1) is 14.7. The number of alkyl halides is 1. The normalized spacial score (nSPS) is 21.0. The van der Waals surface area contributed by atoms with Crippen LogP contribution in [0.3, 0.4) is 0 Å². The second-order valence-corrected chi connectivity index (χ2v) is 5.48. The van der Waals surface area contributed by atoms with E-state index in [4.69, 9.17) is 0 Å². The molecule has 0 aliphatic carbocycles. The van der Waals surface area contributed by atoms with Crippen molar-refractivity contribution < 1.29 is 9.18 Å². The summed E-state index contributed by atoms with van der Waals surface area (Å²) in [6.07, 6.45) is 2.95. The third-order valence-electron chi connectivity index (χ3n) is 3.92. The minimum Gasteiger partial charge on any atom is -0.351 e. The summed E-state index contributed by atoms with van der Waals surface area (Å²) in [5, 5.41) is 5.77. The van der Waals surface area contributed by atoms with Gasteiger partial charge < -0.3 is 15.2 Å². The smallest absolute Gasteiger partial charge is 0.237 e. The number of aryl methyl sites for hydroxylation is 1. The molecule has 1 aliphatic heterocycles. The molecule has 1 aliphatic rings. The molecule has 0 spiro atoms. The second-order valence-electron chi connectivity index (χ2n) is 5.48. The summed E-state index contributed by atoms with van der Waals surface area (Å²) in [7, 11) is 0. The zero-order chi connectivity index (χ0) is 15.5. The molecule has 1 saturated heterocycles. The van der Waals surface area contributed by atoms with Crippen LogP contribution in [-0.4, -0.2) is 34.2 Å². The van der Waals surface area contributed by atoms with E-state index in [-0.39, 0.29) is 18.9 Å². The van der Waals surface area contributed by atoms with Crippen LogP contribution >= 0.6 is 0 Å². The van der Waals surface area contributed by atoms with Gasteiger partial charge in [-0.1, -0.05) is 18.2 Å². The van der Waals surface area contributed by atoms with E-state index in [1.54, 1.807) is 6.20 Å². The number of amides is 1. The van der Waals surface area contributed by atoms with Gasteiger partial charge >= 0.3 is 0 Å².